The summed E-state index contributed by atoms with van der Waals surface area (Å²) in [5.41, 5.74) is 2.07. The molecule has 1 aromatic carbocycles. The van der Waals surface area contributed by atoms with Crippen molar-refractivity contribution < 1.29 is 14.3 Å². The van der Waals surface area contributed by atoms with E-state index < -0.39 is 5.97 Å². The van der Waals surface area contributed by atoms with Crippen LogP contribution in [0.25, 0.3) is 21.9 Å². The summed E-state index contributed by atoms with van der Waals surface area (Å²) in [7, 11) is 0. The number of carboxylic acids is 1. The van der Waals surface area contributed by atoms with E-state index in [1.54, 1.807) is 6.07 Å². The maximum absolute atomic E-state index is 10.9. The van der Waals surface area contributed by atoms with Crippen LogP contribution < -0.4 is 0 Å². The van der Waals surface area contributed by atoms with Gasteiger partial charge in [-0.1, -0.05) is 18.3 Å². The summed E-state index contributed by atoms with van der Waals surface area (Å²) < 4.78 is 9.58. The van der Waals surface area contributed by atoms with Crippen molar-refractivity contribution in [2.24, 2.45) is 0 Å². The Hall–Kier alpha value is -2.28. The Balaban J connectivity index is 2.13. The summed E-state index contributed by atoms with van der Waals surface area (Å²) in [5.74, 6) is -0.346. The normalized spacial score (nSPS) is 11.3. The molecule has 0 unspecified atom stereocenters. The van der Waals surface area contributed by atoms with Crippen molar-refractivity contribution in [3.05, 3.63) is 29.5 Å². The molecule has 0 saturated carbocycles. The maximum Gasteiger partial charge on any atom is 0.335 e. The van der Waals surface area contributed by atoms with Crippen LogP contribution in [0.2, 0.25) is 0 Å². The zero-order valence-electron chi connectivity index (χ0n) is 10.8. The van der Waals surface area contributed by atoms with Gasteiger partial charge >= 0.3 is 5.97 Å². The van der Waals surface area contributed by atoms with E-state index in [0.29, 0.717) is 17.0 Å². The SMILES string of the molecule is CC(C)c1nnsc1-c1nc2ccc(C(=O)O)cc2o1. The number of benzene rings is 1. The average Bonchev–Trinajstić information content (AvgIpc) is 3.03. The van der Waals surface area contributed by atoms with Gasteiger partial charge in [-0.15, -0.1) is 5.10 Å². The minimum atomic E-state index is -0.993. The van der Waals surface area contributed by atoms with Gasteiger partial charge in [0.2, 0.25) is 5.89 Å². The van der Waals surface area contributed by atoms with Crippen molar-refractivity contribution in [3.8, 4) is 10.8 Å². The Kier molecular flexibility index (Phi) is 2.98. The molecule has 3 rings (SSSR count). The van der Waals surface area contributed by atoms with E-state index in [9.17, 15) is 4.79 Å². The predicted octanol–water partition coefficient (Wildman–Crippen LogP) is 3.17. The number of oxazole rings is 1. The molecule has 2 aromatic heterocycles. The fraction of sp³-hybridized carbons (Fsp3) is 0.231. The van der Waals surface area contributed by atoms with Crippen LogP contribution in [0.4, 0.5) is 0 Å². The largest absolute Gasteiger partial charge is 0.478 e. The third-order valence-corrected chi connectivity index (χ3v) is 3.62. The summed E-state index contributed by atoms with van der Waals surface area (Å²) in [6.07, 6.45) is 0. The van der Waals surface area contributed by atoms with Crippen molar-refractivity contribution in [1.29, 1.82) is 0 Å². The van der Waals surface area contributed by atoms with Crippen molar-refractivity contribution >= 4 is 28.6 Å². The minimum Gasteiger partial charge on any atom is -0.478 e. The monoisotopic (exact) mass is 289 g/mol. The summed E-state index contributed by atoms with van der Waals surface area (Å²) >= 11 is 1.22. The van der Waals surface area contributed by atoms with Crippen LogP contribution in [0.15, 0.2) is 22.6 Å². The lowest BCUT2D eigenvalue weighted by molar-refractivity contribution is 0.0697. The number of hydrogen-bond donors (Lipinski definition) is 1. The minimum absolute atomic E-state index is 0.173. The van der Waals surface area contributed by atoms with Crippen molar-refractivity contribution in [1.82, 2.24) is 14.6 Å². The molecule has 3 aromatic rings. The van der Waals surface area contributed by atoms with Gasteiger partial charge in [0, 0.05) is 0 Å². The van der Waals surface area contributed by atoms with Gasteiger partial charge in [-0.2, -0.15) is 0 Å². The number of carboxylic acid groups (broad SMARTS) is 1. The Morgan fingerprint density at radius 3 is 2.90 bits per heavy atom. The van der Waals surface area contributed by atoms with Crippen LogP contribution >= 0.6 is 11.5 Å². The first-order valence-corrected chi connectivity index (χ1v) is 6.80. The summed E-state index contributed by atoms with van der Waals surface area (Å²) in [5, 5.41) is 13.1. The van der Waals surface area contributed by atoms with Crippen molar-refractivity contribution in [3.63, 3.8) is 0 Å². The highest BCUT2D eigenvalue weighted by Crippen LogP contribution is 2.32. The highest BCUT2D eigenvalue weighted by molar-refractivity contribution is 7.09. The zero-order chi connectivity index (χ0) is 14.3. The van der Waals surface area contributed by atoms with Crippen LogP contribution in [-0.4, -0.2) is 25.6 Å². The molecular formula is C13H11N3O3S. The summed E-state index contributed by atoms with van der Waals surface area (Å²) in [4.78, 5) is 16.1. The molecule has 0 amide bonds. The van der Waals surface area contributed by atoms with Gasteiger partial charge in [-0.3, -0.25) is 0 Å². The number of nitrogens with zero attached hydrogens (tertiary/aromatic N) is 3. The third-order valence-electron chi connectivity index (χ3n) is 2.89. The molecule has 0 fully saturated rings. The van der Waals surface area contributed by atoms with E-state index in [1.807, 2.05) is 13.8 Å². The summed E-state index contributed by atoms with van der Waals surface area (Å²) in [6.45, 7) is 4.04. The Morgan fingerprint density at radius 2 is 2.20 bits per heavy atom. The highest BCUT2D eigenvalue weighted by Gasteiger charge is 2.19. The smallest absolute Gasteiger partial charge is 0.335 e. The number of rotatable bonds is 3. The van der Waals surface area contributed by atoms with Gasteiger partial charge in [0.25, 0.3) is 0 Å². The number of fused-ring (bicyclic) bond motifs is 1. The molecule has 20 heavy (non-hydrogen) atoms. The molecule has 0 aliphatic carbocycles. The number of hydrogen-bond acceptors (Lipinski definition) is 6. The van der Waals surface area contributed by atoms with Crippen LogP contribution in [-0.2, 0) is 0 Å². The maximum atomic E-state index is 10.9. The average molecular weight is 289 g/mol. The van der Waals surface area contributed by atoms with Gasteiger partial charge in [0.05, 0.1) is 11.3 Å². The molecule has 0 bridgehead atoms. The van der Waals surface area contributed by atoms with Gasteiger partial charge in [0.1, 0.15) is 10.4 Å². The van der Waals surface area contributed by atoms with E-state index in [-0.39, 0.29) is 11.5 Å². The molecule has 6 nitrogen and oxygen atoms in total. The lowest BCUT2D eigenvalue weighted by Crippen LogP contribution is -1.94. The fourth-order valence-electron chi connectivity index (χ4n) is 1.88. The van der Waals surface area contributed by atoms with Crippen LogP contribution in [0, 0.1) is 0 Å². The van der Waals surface area contributed by atoms with Crippen LogP contribution in [0.3, 0.4) is 0 Å². The Labute approximate surface area is 118 Å². The zero-order valence-corrected chi connectivity index (χ0v) is 11.6. The highest BCUT2D eigenvalue weighted by atomic mass is 32.1. The Bertz CT molecular complexity index is 791. The quantitative estimate of drug-likeness (QED) is 0.796. The molecule has 2 heterocycles. The first-order valence-electron chi connectivity index (χ1n) is 6.02. The standard InChI is InChI=1S/C13H11N3O3S/c1-6(2)10-11(20-16-15-10)12-14-8-4-3-7(13(17)18)5-9(8)19-12/h3-6H,1-2H3,(H,17,18). The second-order valence-electron chi connectivity index (χ2n) is 4.65. The van der Waals surface area contributed by atoms with Crippen LogP contribution in [0.5, 0.6) is 0 Å². The second-order valence-corrected chi connectivity index (χ2v) is 5.40. The molecule has 0 saturated heterocycles. The topological polar surface area (TPSA) is 89.1 Å². The molecule has 0 aliphatic heterocycles. The van der Waals surface area contributed by atoms with Crippen molar-refractivity contribution in [2.45, 2.75) is 19.8 Å². The molecule has 0 radical (unpaired) electrons. The first-order chi connectivity index (χ1) is 9.56. The molecular weight excluding hydrogens is 278 g/mol. The lowest BCUT2D eigenvalue weighted by Gasteiger charge is -1.99. The lowest BCUT2D eigenvalue weighted by atomic mass is 10.1. The first kappa shape index (κ1) is 12.7. The molecule has 0 aliphatic rings. The molecule has 0 atom stereocenters. The fourth-order valence-corrected chi connectivity index (χ4v) is 2.62. The van der Waals surface area contributed by atoms with E-state index in [4.69, 9.17) is 9.52 Å². The van der Waals surface area contributed by atoms with Gasteiger partial charge in [-0.25, -0.2) is 9.78 Å². The second kappa shape index (κ2) is 4.68. The van der Waals surface area contributed by atoms with Crippen molar-refractivity contribution in [2.75, 3.05) is 0 Å². The number of aromatic carboxylic acids is 1. The van der Waals surface area contributed by atoms with Gasteiger partial charge in [-0.05, 0) is 35.6 Å². The molecule has 1 N–H and O–H groups in total. The van der Waals surface area contributed by atoms with Crippen LogP contribution in [0.1, 0.15) is 35.8 Å². The predicted molar refractivity (Wildman–Crippen MR) is 74.0 cm³/mol. The van der Waals surface area contributed by atoms with E-state index in [0.717, 1.165) is 10.6 Å². The van der Waals surface area contributed by atoms with Gasteiger partial charge in [0.15, 0.2) is 5.58 Å². The third kappa shape index (κ3) is 2.05. The molecule has 7 heteroatoms. The molecule has 102 valence electrons. The number of aromatic nitrogens is 3. The van der Waals surface area contributed by atoms with E-state index >= 15 is 0 Å². The number of carbonyl (C=O) groups is 1. The Morgan fingerprint density at radius 1 is 1.40 bits per heavy atom. The van der Waals surface area contributed by atoms with E-state index in [1.165, 1.54) is 23.7 Å². The van der Waals surface area contributed by atoms with E-state index in [2.05, 4.69) is 14.6 Å². The van der Waals surface area contributed by atoms with Gasteiger partial charge < -0.3 is 9.52 Å². The molecule has 0 spiro atoms. The summed E-state index contributed by atoms with van der Waals surface area (Å²) in [6, 6.07) is 4.61.